The molecular weight excluding hydrogens is 212 g/mol. The van der Waals surface area contributed by atoms with Gasteiger partial charge in [0.05, 0.1) is 18.8 Å². The van der Waals surface area contributed by atoms with Crippen molar-refractivity contribution >= 4 is 5.97 Å². The number of esters is 1. The molecule has 0 saturated carbocycles. The lowest BCUT2D eigenvalue weighted by Crippen LogP contribution is -2.08. The molecule has 0 aliphatic carbocycles. The van der Waals surface area contributed by atoms with Crippen LogP contribution in [0.1, 0.15) is 28.4 Å². The van der Waals surface area contributed by atoms with Crippen molar-refractivity contribution in [2.45, 2.75) is 20.5 Å². The van der Waals surface area contributed by atoms with Gasteiger partial charge < -0.3 is 20.1 Å². The summed E-state index contributed by atoms with van der Waals surface area (Å²) in [6.07, 6.45) is 0. The Morgan fingerprint density at radius 3 is 2.56 bits per heavy atom. The number of aliphatic hydroxyl groups excluding tert-OH is 1. The van der Waals surface area contributed by atoms with Crippen molar-refractivity contribution in [2.24, 2.45) is 0 Å². The van der Waals surface area contributed by atoms with E-state index in [-0.39, 0.29) is 23.5 Å². The minimum atomic E-state index is -0.674. The average molecular weight is 226 g/mol. The molecule has 0 spiro atoms. The van der Waals surface area contributed by atoms with E-state index in [4.69, 9.17) is 9.84 Å². The van der Waals surface area contributed by atoms with E-state index in [0.29, 0.717) is 5.56 Å². The number of benzene rings is 1. The Kier molecular flexibility index (Phi) is 3.73. The van der Waals surface area contributed by atoms with Crippen molar-refractivity contribution < 1.29 is 24.9 Å². The van der Waals surface area contributed by atoms with E-state index in [1.165, 1.54) is 6.07 Å². The van der Waals surface area contributed by atoms with Crippen LogP contribution < -0.4 is 0 Å². The van der Waals surface area contributed by atoms with E-state index >= 15 is 0 Å². The smallest absolute Gasteiger partial charge is 0.342 e. The van der Waals surface area contributed by atoms with E-state index < -0.39 is 18.3 Å². The number of ether oxygens (including phenoxy) is 1. The lowest BCUT2D eigenvalue weighted by molar-refractivity contribution is 0.0522. The first-order valence-corrected chi connectivity index (χ1v) is 4.85. The lowest BCUT2D eigenvalue weighted by Gasteiger charge is -2.12. The van der Waals surface area contributed by atoms with Crippen molar-refractivity contribution in [2.75, 3.05) is 6.61 Å². The van der Waals surface area contributed by atoms with Crippen LogP contribution >= 0.6 is 0 Å². The number of hydrogen-bond donors (Lipinski definition) is 3. The molecule has 0 radical (unpaired) electrons. The Labute approximate surface area is 92.9 Å². The van der Waals surface area contributed by atoms with Crippen LogP contribution in [0.5, 0.6) is 11.5 Å². The van der Waals surface area contributed by atoms with E-state index in [9.17, 15) is 15.0 Å². The van der Waals surface area contributed by atoms with Gasteiger partial charge in [0.15, 0.2) is 0 Å². The Hall–Kier alpha value is -1.75. The first-order chi connectivity index (χ1) is 7.52. The van der Waals surface area contributed by atoms with Crippen LogP contribution in [-0.4, -0.2) is 27.9 Å². The van der Waals surface area contributed by atoms with Crippen LogP contribution in [0.15, 0.2) is 6.07 Å². The number of rotatable bonds is 3. The Morgan fingerprint density at radius 2 is 2.06 bits per heavy atom. The summed E-state index contributed by atoms with van der Waals surface area (Å²) >= 11 is 0. The van der Waals surface area contributed by atoms with E-state index in [1.807, 2.05) is 0 Å². The maximum absolute atomic E-state index is 11.5. The summed E-state index contributed by atoms with van der Waals surface area (Å²) in [6.45, 7) is 2.85. The molecule has 0 bridgehead atoms. The minimum Gasteiger partial charge on any atom is -0.507 e. The second-order valence-corrected chi connectivity index (χ2v) is 3.29. The van der Waals surface area contributed by atoms with Gasteiger partial charge in [0.2, 0.25) is 0 Å². The van der Waals surface area contributed by atoms with Gasteiger partial charge in [-0.1, -0.05) is 0 Å². The molecule has 5 nitrogen and oxygen atoms in total. The van der Waals surface area contributed by atoms with Gasteiger partial charge in [-0.2, -0.15) is 0 Å². The van der Waals surface area contributed by atoms with Gasteiger partial charge >= 0.3 is 5.97 Å². The zero-order chi connectivity index (χ0) is 12.3. The van der Waals surface area contributed by atoms with Gasteiger partial charge in [0.1, 0.15) is 17.1 Å². The molecule has 0 aromatic heterocycles. The van der Waals surface area contributed by atoms with E-state index in [2.05, 4.69) is 0 Å². The molecule has 88 valence electrons. The fraction of sp³-hybridized carbons (Fsp3) is 0.364. The molecule has 0 unspecified atom stereocenters. The summed E-state index contributed by atoms with van der Waals surface area (Å²) in [5.74, 6) is -1.35. The predicted octanol–water partition coefficient (Wildman–Crippen LogP) is 1.08. The molecule has 1 rings (SSSR count). The highest BCUT2D eigenvalue weighted by atomic mass is 16.5. The molecule has 1 aromatic rings. The van der Waals surface area contributed by atoms with Gasteiger partial charge in [-0.15, -0.1) is 0 Å². The van der Waals surface area contributed by atoms with E-state index in [1.54, 1.807) is 13.8 Å². The molecular formula is C11H14O5. The van der Waals surface area contributed by atoms with Gasteiger partial charge in [-0.25, -0.2) is 4.79 Å². The maximum atomic E-state index is 11.5. The second-order valence-electron chi connectivity index (χ2n) is 3.29. The van der Waals surface area contributed by atoms with Crippen LogP contribution in [0, 0.1) is 6.92 Å². The van der Waals surface area contributed by atoms with Crippen molar-refractivity contribution in [3.05, 3.63) is 22.8 Å². The zero-order valence-electron chi connectivity index (χ0n) is 9.15. The maximum Gasteiger partial charge on any atom is 0.342 e. The molecule has 1 aromatic carbocycles. The van der Waals surface area contributed by atoms with Gasteiger partial charge in [-0.3, -0.25) is 0 Å². The standard InChI is InChI=1S/C11H14O5/c1-3-16-11(15)9-6(2)4-8(13)7(5-12)10(9)14/h4,12-14H,3,5H2,1-2H3. The predicted molar refractivity (Wildman–Crippen MR) is 56.4 cm³/mol. The summed E-state index contributed by atoms with van der Waals surface area (Å²) < 4.78 is 4.77. The number of carbonyl (C=O) groups excluding carboxylic acids is 1. The number of aryl methyl sites for hydroxylation is 1. The highest BCUT2D eigenvalue weighted by Crippen LogP contribution is 2.33. The largest absolute Gasteiger partial charge is 0.507 e. The van der Waals surface area contributed by atoms with Gasteiger partial charge in [0.25, 0.3) is 0 Å². The third kappa shape index (κ3) is 2.09. The van der Waals surface area contributed by atoms with Crippen molar-refractivity contribution in [3.63, 3.8) is 0 Å². The minimum absolute atomic E-state index is 0.0244. The number of carbonyl (C=O) groups is 1. The fourth-order valence-corrected chi connectivity index (χ4v) is 1.44. The van der Waals surface area contributed by atoms with Crippen LogP contribution in [0.4, 0.5) is 0 Å². The second kappa shape index (κ2) is 4.85. The SMILES string of the molecule is CCOC(=O)c1c(C)cc(O)c(CO)c1O. The van der Waals surface area contributed by atoms with E-state index in [0.717, 1.165) is 0 Å². The average Bonchev–Trinajstić information content (AvgIpc) is 2.17. The molecule has 0 heterocycles. The van der Waals surface area contributed by atoms with Crippen LogP contribution in [0.25, 0.3) is 0 Å². The van der Waals surface area contributed by atoms with Crippen molar-refractivity contribution in [1.29, 1.82) is 0 Å². The highest BCUT2D eigenvalue weighted by Gasteiger charge is 2.21. The first kappa shape index (κ1) is 12.3. The quantitative estimate of drug-likeness (QED) is 0.671. The summed E-state index contributed by atoms with van der Waals surface area (Å²) in [5.41, 5.74) is 0.294. The van der Waals surface area contributed by atoms with Crippen LogP contribution in [0.3, 0.4) is 0 Å². The Balaban J connectivity index is 3.33. The fourth-order valence-electron chi connectivity index (χ4n) is 1.44. The zero-order valence-corrected chi connectivity index (χ0v) is 9.15. The normalized spacial score (nSPS) is 10.2. The summed E-state index contributed by atoms with van der Waals surface area (Å²) in [7, 11) is 0. The molecule has 0 saturated heterocycles. The number of aromatic hydroxyl groups is 2. The molecule has 3 N–H and O–H groups in total. The van der Waals surface area contributed by atoms with Gasteiger partial charge in [0, 0.05) is 0 Å². The first-order valence-electron chi connectivity index (χ1n) is 4.85. The monoisotopic (exact) mass is 226 g/mol. The number of aliphatic hydroxyl groups is 1. The number of hydrogen-bond acceptors (Lipinski definition) is 5. The number of phenols is 2. The molecule has 0 aliphatic heterocycles. The molecule has 0 amide bonds. The van der Waals surface area contributed by atoms with Crippen LogP contribution in [-0.2, 0) is 11.3 Å². The van der Waals surface area contributed by atoms with Crippen LogP contribution in [0.2, 0.25) is 0 Å². The highest BCUT2D eigenvalue weighted by molar-refractivity contribution is 5.95. The molecule has 16 heavy (non-hydrogen) atoms. The van der Waals surface area contributed by atoms with Gasteiger partial charge in [-0.05, 0) is 25.5 Å². The third-order valence-electron chi connectivity index (χ3n) is 2.22. The molecule has 0 aliphatic rings. The Bertz CT molecular complexity index is 411. The molecule has 5 heteroatoms. The molecule has 0 fully saturated rings. The lowest BCUT2D eigenvalue weighted by atomic mass is 10.0. The third-order valence-corrected chi connectivity index (χ3v) is 2.22. The van der Waals surface area contributed by atoms with Crippen molar-refractivity contribution in [3.8, 4) is 11.5 Å². The van der Waals surface area contributed by atoms with Crippen molar-refractivity contribution in [1.82, 2.24) is 0 Å². The summed E-state index contributed by atoms with van der Waals surface area (Å²) in [4.78, 5) is 11.5. The summed E-state index contributed by atoms with van der Waals surface area (Å²) in [6, 6.07) is 1.30. The summed E-state index contributed by atoms with van der Waals surface area (Å²) in [5, 5.41) is 28.1. The molecule has 0 atom stereocenters. The topological polar surface area (TPSA) is 87.0 Å². The Morgan fingerprint density at radius 1 is 1.44 bits per heavy atom.